The van der Waals surface area contributed by atoms with E-state index >= 15 is 0 Å². The third kappa shape index (κ3) is 4.88. The minimum Gasteiger partial charge on any atom is -0.492 e. The van der Waals surface area contributed by atoms with Gasteiger partial charge in [0.05, 0.1) is 5.56 Å². The highest BCUT2D eigenvalue weighted by atomic mass is 32.1. The lowest BCUT2D eigenvalue weighted by atomic mass is 10.2. The number of carbonyl (C=O) groups is 1. The van der Waals surface area contributed by atoms with Crippen LogP contribution < -0.4 is 10.1 Å². The molecule has 0 fully saturated rings. The molecule has 21 heavy (non-hydrogen) atoms. The van der Waals surface area contributed by atoms with Crippen LogP contribution in [-0.4, -0.2) is 23.7 Å². The monoisotopic (exact) mass is 305 g/mol. The Morgan fingerprint density at radius 3 is 2.71 bits per heavy atom. The van der Waals surface area contributed by atoms with E-state index in [1.54, 1.807) is 11.4 Å². The zero-order valence-electron chi connectivity index (χ0n) is 12.1. The summed E-state index contributed by atoms with van der Waals surface area (Å²) in [4.78, 5) is 11.8. The van der Waals surface area contributed by atoms with Crippen molar-refractivity contribution in [2.24, 2.45) is 0 Å². The summed E-state index contributed by atoms with van der Waals surface area (Å²) in [6, 6.07) is 9.84. The van der Waals surface area contributed by atoms with Gasteiger partial charge in [0, 0.05) is 22.8 Å². The van der Waals surface area contributed by atoms with E-state index in [0.717, 1.165) is 10.6 Å². The van der Waals surface area contributed by atoms with Crippen LogP contribution in [0.2, 0.25) is 0 Å². The van der Waals surface area contributed by atoms with Crippen LogP contribution in [-0.2, 0) is 6.54 Å². The summed E-state index contributed by atoms with van der Waals surface area (Å²) in [7, 11) is 0. The smallest absolute Gasteiger partial charge is 0.336 e. The van der Waals surface area contributed by atoms with E-state index < -0.39 is 5.97 Å². The molecule has 0 amide bonds. The molecule has 1 atom stereocenters. The number of hydrogen-bond acceptors (Lipinski definition) is 4. The summed E-state index contributed by atoms with van der Waals surface area (Å²) in [5, 5.41) is 13.9. The quantitative estimate of drug-likeness (QED) is 0.824. The molecule has 0 radical (unpaired) electrons. The molecule has 0 aliphatic carbocycles. The number of rotatable bonds is 7. The van der Waals surface area contributed by atoms with E-state index in [1.165, 1.54) is 16.9 Å². The Labute approximate surface area is 128 Å². The second-order valence-corrected chi connectivity index (χ2v) is 6.01. The first-order valence-corrected chi connectivity index (χ1v) is 7.66. The van der Waals surface area contributed by atoms with Crippen LogP contribution in [0.3, 0.4) is 0 Å². The molecule has 1 aromatic heterocycles. The van der Waals surface area contributed by atoms with Crippen LogP contribution in [0, 0.1) is 6.92 Å². The first-order valence-electron chi connectivity index (χ1n) is 6.78. The van der Waals surface area contributed by atoms with Gasteiger partial charge in [0.25, 0.3) is 0 Å². The molecule has 1 aromatic carbocycles. The van der Waals surface area contributed by atoms with Crippen molar-refractivity contribution in [2.45, 2.75) is 26.4 Å². The molecule has 2 N–H and O–H groups in total. The fraction of sp³-hybridized carbons (Fsp3) is 0.312. The van der Waals surface area contributed by atoms with Crippen LogP contribution in [0.4, 0.5) is 0 Å². The van der Waals surface area contributed by atoms with Crippen molar-refractivity contribution in [1.82, 2.24) is 5.32 Å². The van der Waals surface area contributed by atoms with E-state index in [0.29, 0.717) is 18.7 Å². The molecule has 1 unspecified atom stereocenters. The number of aromatic carboxylic acids is 1. The number of ether oxygens (including phenoxy) is 1. The molecule has 0 saturated carbocycles. The molecule has 2 aromatic rings. The SMILES string of the molecule is Cc1ccc(OCC(C)NCc2cc(C(=O)O)cs2)cc1. The molecule has 0 saturated heterocycles. The Morgan fingerprint density at radius 1 is 1.38 bits per heavy atom. The van der Waals surface area contributed by atoms with Crippen molar-refractivity contribution in [3.8, 4) is 5.75 Å². The molecule has 0 aliphatic rings. The summed E-state index contributed by atoms with van der Waals surface area (Å²) in [6.45, 7) is 5.30. The Kier molecular flexibility index (Phi) is 5.36. The van der Waals surface area contributed by atoms with E-state index in [-0.39, 0.29) is 6.04 Å². The second kappa shape index (κ2) is 7.24. The van der Waals surface area contributed by atoms with Crippen LogP contribution in [0.15, 0.2) is 35.7 Å². The summed E-state index contributed by atoms with van der Waals surface area (Å²) < 4.78 is 5.70. The van der Waals surface area contributed by atoms with Gasteiger partial charge in [-0.25, -0.2) is 4.79 Å². The van der Waals surface area contributed by atoms with Gasteiger partial charge in [0.15, 0.2) is 0 Å². The average molecular weight is 305 g/mol. The molecule has 1 heterocycles. The summed E-state index contributed by atoms with van der Waals surface area (Å²) in [5.41, 5.74) is 1.56. The summed E-state index contributed by atoms with van der Waals surface area (Å²) >= 11 is 1.45. The minimum atomic E-state index is -0.881. The van der Waals surface area contributed by atoms with Gasteiger partial charge in [-0.2, -0.15) is 0 Å². The number of benzene rings is 1. The number of hydrogen-bond donors (Lipinski definition) is 2. The van der Waals surface area contributed by atoms with Gasteiger partial charge in [-0.1, -0.05) is 17.7 Å². The number of aryl methyl sites for hydroxylation is 1. The molecule has 112 valence electrons. The van der Waals surface area contributed by atoms with E-state index in [2.05, 4.69) is 5.32 Å². The summed E-state index contributed by atoms with van der Waals surface area (Å²) in [5.74, 6) is -0.0215. The average Bonchev–Trinajstić information content (AvgIpc) is 2.93. The Bertz CT molecular complexity index is 592. The van der Waals surface area contributed by atoms with Crippen molar-refractivity contribution in [2.75, 3.05) is 6.61 Å². The van der Waals surface area contributed by atoms with E-state index in [9.17, 15) is 4.79 Å². The third-order valence-corrected chi connectivity index (χ3v) is 3.98. The lowest BCUT2D eigenvalue weighted by molar-refractivity contribution is 0.0697. The fourth-order valence-corrected chi connectivity index (χ4v) is 2.58. The van der Waals surface area contributed by atoms with Gasteiger partial charge in [0.2, 0.25) is 0 Å². The van der Waals surface area contributed by atoms with E-state index in [4.69, 9.17) is 9.84 Å². The number of nitrogens with one attached hydrogen (secondary N) is 1. The lowest BCUT2D eigenvalue weighted by Gasteiger charge is -2.14. The summed E-state index contributed by atoms with van der Waals surface area (Å²) in [6.07, 6.45) is 0. The molecule has 0 aliphatic heterocycles. The largest absolute Gasteiger partial charge is 0.492 e. The van der Waals surface area contributed by atoms with Gasteiger partial charge in [-0.3, -0.25) is 0 Å². The van der Waals surface area contributed by atoms with Crippen molar-refractivity contribution < 1.29 is 14.6 Å². The van der Waals surface area contributed by atoms with E-state index in [1.807, 2.05) is 38.1 Å². The van der Waals surface area contributed by atoms with Crippen LogP contribution in [0.5, 0.6) is 5.75 Å². The third-order valence-electron chi connectivity index (χ3n) is 3.05. The molecular formula is C16H19NO3S. The highest BCUT2D eigenvalue weighted by molar-refractivity contribution is 7.10. The highest BCUT2D eigenvalue weighted by Gasteiger charge is 2.08. The topological polar surface area (TPSA) is 58.6 Å². The Hall–Kier alpha value is -1.85. The number of carboxylic acid groups (broad SMARTS) is 1. The van der Waals surface area contributed by atoms with Crippen LogP contribution in [0.1, 0.15) is 27.7 Å². The molecule has 2 rings (SSSR count). The predicted molar refractivity (Wildman–Crippen MR) is 84.3 cm³/mol. The normalized spacial score (nSPS) is 12.1. The molecule has 0 bridgehead atoms. The van der Waals surface area contributed by atoms with Gasteiger partial charge < -0.3 is 15.2 Å². The maximum atomic E-state index is 10.8. The standard InChI is InChI=1S/C16H19NO3S/c1-11-3-5-14(6-4-11)20-9-12(2)17-8-15-7-13(10-21-15)16(18)19/h3-7,10,12,17H,8-9H2,1-2H3,(H,18,19). The van der Waals surface area contributed by atoms with Crippen molar-refractivity contribution in [1.29, 1.82) is 0 Å². The molecule has 5 heteroatoms. The van der Waals surface area contributed by atoms with Gasteiger partial charge >= 0.3 is 5.97 Å². The second-order valence-electron chi connectivity index (χ2n) is 5.01. The fourth-order valence-electron chi connectivity index (χ4n) is 1.77. The van der Waals surface area contributed by atoms with Crippen molar-refractivity contribution in [3.63, 3.8) is 0 Å². The maximum Gasteiger partial charge on any atom is 0.336 e. The van der Waals surface area contributed by atoms with Crippen molar-refractivity contribution in [3.05, 3.63) is 51.7 Å². The van der Waals surface area contributed by atoms with Crippen LogP contribution in [0.25, 0.3) is 0 Å². The molecule has 0 spiro atoms. The predicted octanol–water partition coefficient (Wildman–Crippen LogP) is 3.31. The zero-order chi connectivity index (χ0) is 15.2. The Morgan fingerprint density at radius 2 is 2.10 bits per heavy atom. The maximum absolute atomic E-state index is 10.8. The Balaban J connectivity index is 1.75. The first-order chi connectivity index (χ1) is 10.0. The molecule has 4 nitrogen and oxygen atoms in total. The van der Waals surface area contributed by atoms with Gasteiger partial charge in [0.1, 0.15) is 12.4 Å². The van der Waals surface area contributed by atoms with Gasteiger partial charge in [-0.05, 0) is 32.0 Å². The minimum absolute atomic E-state index is 0.182. The zero-order valence-corrected chi connectivity index (χ0v) is 12.9. The van der Waals surface area contributed by atoms with Crippen LogP contribution >= 0.6 is 11.3 Å². The lowest BCUT2D eigenvalue weighted by Crippen LogP contribution is -2.31. The number of carboxylic acids is 1. The highest BCUT2D eigenvalue weighted by Crippen LogP contribution is 2.15. The number of thiophene rings is 1. The van der Waals surface area contributed by atoms with Gasteiger partial charge in [-0.15, -0.1) is 11.3 Å². The first kappa shape index (κ1) is 15.5. The van der Waals surface area contributed by atoms with Crippen molar-refractivity contribution >= 4 is 17.3 Å². The molecular weight excluding hydrogens is 286 g/mol.